The lowest BCUT2D eigenvalue weighted by Gasteiger charge is -2.17. The molecule has 39 heavy (non-hydrogen) atoms. The van der Waals surface area contributed by atoms with Gasteiger partial charge in [0, 0.05) is 36.4 Å². The van der Waals surface area contributed by atoms with E-state index in [2.05, 4.69) is 15.0 Å². The number of hydrogen-bond donors (Lipinski definition) is 3. The van der Waals surface area contributed by atoms with Crippen molar-refractivity contribution in [2.75, 3.05) is 42.7 Å². The molecule has 4 aromatic rings. The Kier molecular flexibility index (Phi) is 7.65. The van der Waals surface area contributed by atoms with Crippen LogP contribution in [0.2, 0.25) is 0 Å². The van der Waals surface area contributed by atoms with Crippen molar-refractivity contribution in [2.45, 2.75) is 0 Å². The molecule has 0 aliphatic heterocycles. The van der Waals surface area contributed by atoms with Crippen LogP contribution < -0.4 is 28.4 Å². The van der Waals surface area contributed by atoms with Crippen LogP contribution in [0.5, 0.6) is 51.7 Å². The van der Waals surface area contributed by atoms with Gasteiger partial charge in [0.15, 0.2) is 17.5 Å². The lowest BCUT2D eigenvalue weighted by Crippen LogP contribution is -2.04. The first-order chi connectivity index (χ1) is 18.8. The molecule has 0 fully saturated rings. The second kappa shape index (κ2) is 11.1. The zero-order valence-corrected chi connectivity index (χ0v) is 22.1. The molecule has 0 bridgehead atoms. The molecule has 12 heteroatoms. The van der Waals surface area contributed by atoms with Gasteiger partial charge in [-0.05, 0) is 0 Å². The number of aromatic hydroxyl groups is 3. The quantitative estimate of drug-likeness (QED) is 0.282. The first kappa shape index (κ1) is 26.9. The lowest BCUT2D eigenvalue weighted by atomic mass is 10.1. The Morgan fingerprint density at radius 2 is 0.667 bits per heavy atom. The van der Waals surface area contributed by atoms with Crippen molar-refractivity contribution < 1.29 is 43.7 Å². The highest BCUT2D eigenvalue weighted by molar-refractivity contribution is 5.81. The van der Waals surface area contributed by atoms with Crippen molar-refractivity contribution >= 4 is 0 Å². The molecule has 4 rings (SSSR count). The van der Waals surface area contributed by atoms with Crippen LogP contribution in [-0.2, 0) is 0 Å². The average Bonchev–Trinajstić information content (AvgIpc) is 2.94. The van der Waals surface area contributed by atoms with E-state index in [4.69, 9.17) is 28.4 Å². The maximum atomic E-state index is 10.9. The molecule has 0 spiro atoms. The predicted octanol–water partition coefficient (Wildman–Crippen LogP) is 4.04. The van der Waals surface area contributed by atoms with E-state index in [0.29, 0.717) is 17.2 Å². The van der Waals surface area contributed by atoms with Crippen LogP contribution in [0.3, 0.4) is 0 Å². The van der Waals surface area contributed by atoms with Gasteiger partial charge in [-0.3, -0.25) is 0 Å². The van der Waals surface area contributed by atoms with Crippen LogP contribution in [0.1, 0.15) is 0 Å². The fourth-order valence-corrected chi connectivity index (χ4v) is 3.95. The van der Waals surface area contributed by atoms with Crippen LogP contribution >= 0.6 is 0 Å². The highest BCUT2D eigenvalue weighted by atomic mass is 16.5. The molecule has 0 radical (unpaired) electrons. The van der Waals surface area contributed by atoms with Gasteiger partial charge in [-0.25, -0.2) is 15.0 Å². The van der Waals surface area contributed by atoms with E-state index in [1.807, 2.05) is 0 Å². The van der Waals surface area contributed by atoms with Gasteiger partial charge in [-0.2, -0.15) is 0 Å². The summed E-state index contributed by atoms with van der Waals surface area (Å²) in [6.45, 7) is 0. The minimum Gasteiger partial charge on any atom is -0.507 e. The summed E-state index contributed by atoms with van der Waals surface area (Å²) in [4.78, 5) is 13.6. The summed E-state index contributed by atoms with van der Waals surface area (Å²) in [6, 6.07) is 8.77. The number of hydrogen-bond acceptors (Lipinski definition) is 12. The molecule has 0 saturated carbocycles. The number of benzene rings is 3. The third kappa shape index (κ3) is 5.04. The van der Waals surface area contributed by atoms with Gasteiger partial charge in [0.2, 0.25) is 0 Å². The molecule has 204 valence electrons. The third-order valence-electron chi connectivity index (χ3n) is 5.84. The topological polar surface area (TPSA) is 155 Å². The van der Waals surface area contributed by atoms with E-state index in [1.165, 1.54) is 60.9 Å². The van der Waals surface area contributed by atoms with Gasteiger partial charge in [0.25, 0.3) is 0 Å². The first-order valence-corrected chi connectivity index (χ1v) is 11.4. The Hall–Kier alpha value is -5.13. The molecule has 3 N–H and O–H groups in total. The fourth-order valence-electron chi connectivity index (χ4n) is 3.95. The highest BCUT2D eigenvalue weighted by Gasteiger charge is 2.26. The van der Waals surface area contributed by atoms with Crippen LogP contribution in [0.4, 0.5) is 0 Å². The van der Waals surface area contributed by atoms with E-state index < -0.39 is 0 Å². The molecule has 0 atom stereocenters. The van der Waals surface area contributed by atoms with Gasteiger partial charge in [-0.15, -0.1) is 0 Å². The van der Waals surface area contributed by atoms with Gasteiger partial charge in [0.1, 0.15) is 68.4 Å². The summed E-state index contributed by atoms with van der Waals surface area (Å²) in [5.41, 5.74) is 0.339. The Balaban J connectivity index is 2.10. The normalized spacial score (nSPS) is 10.6. The van der Waals surface area contributed by atoms with Gasteiger partial charge in [-0.1, -0.05) is 0 Å². The van der Waals surface area contributed by atoms with Crippen LogP contribution in [-0.4, -0.2) is 72.9 Å². The van der Waals surface area contributed by atoms with Crippen LogP contribution in [0, 0.1) is 0 Å². The highest BCUT2D eigenvalue weighted by Crippen LogP contribution is 2.46. The SMILES string of the molecule is COc1cc(O)c(-c2nc(-c3c(O)cc(OC)cc3OC)nc(-c3c(O)cc(OC)cc3OC)n2)c(OC)c1. The van der Waals surface area contributed by atoms with Gasteiger partial charge in [0.05, 0.1) is 42.7 Å². The maximum Gasteiger partial charge on any atom is 0.171 e. The molecule has 3 aromatic carbocycles. The minimum atomic E-state index is -0.244. The number of aromatic nitrogens is 3. The molecule has 1 heterocycles. The van der Waals surface area contributed by atoms with Crippen molar-refractivity contribution in [3.63, 3.8) is 0 Å². The molecule has 0 unspecified atom stereocenters. The molecule has 0 aliphatic rings. The van der Waals surface area contributed by atoms with Crippen molar-refractivity contribution in [2.24, 2.45) is 0 Å². The molecule has 0 aliphatic carbocycles. The second-order valence-corrected chi connectivity index (χ2v) is 7.98. The van der Waals surface area contributed by atoms with E-state index in [1.54, 1.807) is 18.2 Å². The summed E-state index contributed by atoms with van der Waals surface area (Å²) in [5, 5.41) is 32.7. The third-order valence-corrected chi connectivity index (χ3v) is 5.84. The zero-order valence-electron chi connectivity index (χ0n) is 22.1. The average molecular weight is 538 g/mol. The molecular weight excluding hydrogens is 510 g/mol. The summed E-state index contributed by atoms with van der Waals surface area (Å²) in [7, 11) is 8.59. The largest absolute Gasteiger partial charge is 0.507 e. The zero-order chi connectivity index (χ0) is 28.3. The van der Waals surface area contributed by atoms with E-state index in [0.717, 1.165) is 0 Å². The smallest absolute Gasteiger partial charge is 0.171 e. The maximum absolute atomic E-state index is 10.9. The minimum absolute atomic E-state index is 0.0402. The summed E-state index contributed by atoms with van der Waals surface area (Å²) >= 11 is 0. The lowest BCUT2D eigenvalue weighted by molar-refractivity contribution is 0.386. The number of phenols is 3. The van der Waals surface area contributed by atoms with E-state index >= 15 is 0 Å². The van der Waals surface area contributed by atoms with E-state index in [9.17, 15) is 15.3 Å². The monoisotopic (exact) mass is 537 g/mol. The second-order valence-electron chi connectivity index (χ2n) is 7.98. The number of ether oxygens (including phenoxy) is 6. The van der Waals surface area contributed by atoms with Crippen molar-refractivity contribution in [1.82, 2.24) is 15.0 Å². The fraction of sp³-hybridized carbons (Fsp3) is 0.222. The number of nitrogens with zero attached hydrogens (tertiary/aromatic N) is 3. The first-order valence-electron chi connectivity index (χ1n) is 11.4. The van der Waals surface area contributed by atoms with Gasteiger partial charge >= 0.3 is 0 Å². The molecule has 0 amide bonds. The Labute approximate surface area is 224 Å². The van der Waals surface area contributed by atoms with E-state index in [-0.39, 0.29) is 68.7 Å². The number of rotatable bonds is 9. The summed E-state index contributed by atoms with van der Waals surface area (Å²) in [6.07, 6.45) is 0. The number of methoxy groups -OCH3 is 6. The summed E-state index contributed by atoms with van der Waals surface area (Å²) < 4.78 is 32.2. The molecule has 12 nitrogen and oxygen atoms in total. The van der Waals surface area contributed by atoms with Crippen molar-refractivity contribution in [3.8, 4) is 85.9 Å². The molecular formula is C27H27N3O9. The van der Waals surface area contributed by atoms with Crippen molar-refractivity contribution in [1.29, 1.82) is 0 Å². The Bertz CT molecular complexity index is 1330. The summed E-state index contributed by atoms with van der Waals surface area (Å²) in [5.74, 6) is 0.767. The standard InChI is InChI=1S/C27H27N3O9/c1-34-13-7-16(31)22(19(10-13)37-4)25-28-26(23-17(32)8-14(35-2)11-20(23)38-5)30-27(29-25)24-18(33)9-15(36-3)12-21(24)39-6/h7-12,31-33H,1-6H3. The van der Waals surface area contributed by atoms with Crippen LogP contribution in [0.15, 0.2) is 36.4 Å². The number of phenolic OH excluding ortho intramolecular Hbond substituents is 3. The van der Waals surface area contributed by atoms with Crippen molar-refractivity contribution in [3.05, 3.63) is 36.4 Å². The Morgan fingerprint density at radius 3 is 0.872 bits per heavy atom. The Morgan fingerprint density at radius 1 is 0.410 bits per heavy atom. The molecule has 1 aromatic heterocycles. The predicted molar refractivity (Wildman–Crippen MR) is 140 cm³/mol. The molecule has 0 saturated heterocycles. The van der Waals surface area contributed by atoms with Crippen LogP contribution in [0.25, 0.3) is 34.2 Å². The van der Waals surface area contributed by atoms with Gasteiger partial charge < -0.3 is 43.7 Å².